The van der Waals surface area contributed by atoms with Crippen LogP contribution in [0, 0.1) is 0 Å². The molecule has 0 bridgehead atoms. The summed E-state index contributed by atoms with van der Waals surface area (Å²) in [6, 6.07) is 69.4. The highest BCUT2D eigenvalue weighted by molar-refractivity contribution is 6.13. The Balaban J connectivity index is 1.06. The summed E-state index contributed by atoms with van der Waals surface area (Å²) in [5.41, 5.74) is 12.5. The lowest BCUT2D eigenvalue weighted by Gasteiger charge is -2.12. The van der Waals surface area contributed by atoms with E-state index in [0.29, 0.717) is 17.5 Å². The maximum absolute atomic E-state index is 6.58. The number of hydrogen-bond acceptors (Lipinski definition) is 5. The summed E-state index contributed by atoms with van der Waals surface area (Å²) in [5.74, 6) is 1.67. The molecule has 3 aromatic heterocycles. The van der Waals surface area contributed by atoms with Crippen LogP contribution in [0.15, 0.2) is 209 Å². The van der Waals surface area contributed by atoms with Gasteiger partial charge < -0.3 is 8.83 Å². The van der Waals surface area contributed by atoms with E-state index < -0.39 is 0 Å². The number of hydrogen-bond donors (Lipinski definition) is 0. The molecule has 60 heavy (non-hydrogen) atoms. The molecule has 280 valence electrons. The van der Waals surface area contributed by atoms with Crippen LogP contribution in [0.25, 0.3) is 122 Å². The number of para-hydroxylation sites is 2. The Kier molecular flexibility index (Phi) is 7.78. The van der Waals surface area contributed by atoms with Gasteiger partial charge >= 0.3 is 0 Å². The van der Waals surface area contributed by atoms with Crippen LogP contribution in [0.3, 0.4) is 0 Å². The Morgan fingerprint density at radius 2 is 0.783 bits per heavy atom. The fourth-order valence-corrected chi connectivity index (χ4v) is 8.58. The molecule has 0 amide bonds. The standard InChI is InChI=1S/C55H33N3O2/c1-2-11-34(12-3-1)35-21-23-36(24-22-35)41-31-47(52-46-17-7-9-20-49(46)60-51(52)33-41)55-57-53(39-27-25-38(26-28-39)43-18-10-14-37-13-4-5-15-42(37)43)56-54(58-55)40-29-30-45-44-16-6-8-19-48(44)59-50(45)32-40/h1-33H. The SMILES string of the molecule is c1ccc(-c2ccc(-c3cc(-c4nc(-c5ccc(-c6cccc7ccccc67)cc5)nc(-c5ccc6c(c5)oc5ccccc56)n4)c4c(c3)oc3ccccc34)cc2)cc1. The van der Waals surface area contributed by atoms with Crippen LogP contribution in [-0.2, 0) is 0 Å². The van der Waals surface area contributed by atoms with Gasteiger partial charge in [-0.3, -0.25) is 0 Å². The molecule has 0 unspecified atom stereocenters. The van der Waals surface area contributed by atoms with Gasteiger partial charge in [-0.1, -0.05) is 164 Å². The lowest BCUT2D eigenvalue weighted by Crippen LogP contribution is -2.01. The molecular formula is C55H33N3O2. The fourth-order valence-electron chi connectivity index (χ4n) is 8.58. The Hall–Kier alpha value is -8.15. The van der Waals surface area contributed by atoms with Gasteiger partial charge in [-0.25, -0.2) is 15.0 Å². The normalized spacial score (nSPS) is 11.7. The van der Waals surface area contributed by atoms with Crippen molar-refractivity contribution in [3.63, 3.8) is 0 Å². The van der Waals surface area contributed by atoms with E-state index in [9.17, 15) is 0 Å². The van der Waals surface area contributed by atoms with E-state index in [0.717, 1.165) is 82.8 Å². The van der Waals surface area contributed by atoms with E-state index in [-0.39, 0.29) is 0 Å². The highest BCUT2D eigenvalue weighted by atomic mass is 16.3. The van der Waals surface area contributed by atoms with Crippen molar-refractivity contribution >= 4 is 54.6 Å². The zero-order valence-electron chi connectivity index (χ0n) is 32.2. The molecule has 0 saturated heterocycles. The molecule has 0 radical (unpaired) electrons. The second-order valence-electron chi connectivity index (χ2n) is 15.2. The maximum Gasteiger partial charge on any atom is 0.164 e. The van der Waals surface area contributed by atoms with Crippen LogP contribution >= 0.6 is 0 Å². The van der Waals surface area contributed by atoms with Gasteiger partial charge in [0.05, 0.1) is 0 Å². The topological polar surface area (TPSA) is 65.0 Å². The molecule has 12 rings (SSSR count). The van der Waals surface area contributed by atoms with Gasteiger partial charge in [-0.2, -0.15) is 0 Å². The number of rotatable bonds is 6. The number of fused-ring (bicyclic) bond motifs is 7. The van der Waals surface area contributed by atoms with E-state index in [4.69, 9.17) is 23.8 Å². The summed E-state index contributed by atoms with van der Waals surface area (Å²) in [6.07, 6.45) is 0. The predicted molar refractivity (Wildman–Crippen MR) is 245 cm³/mol. The van der Waals surface area contributed by atoms with Crippen molar-refractivity contribution in [3.8, 4) is 67.5 Å². The first kappa shape index (κ1) is 33.9. The van der Waals surface area contributed by atoms with E-state index in [2.05, 4.69) is 152 Å². The Morgan fingerprint density at radius 3 is 1.58 bits per heavy atom. The van der Waals surface area contributed by atoms with Crippen LogP contribution < -0.4 is 0 Å². The van der Waals surface area contributed by atoms with Gasteiger partial charge in [0.2, 0.25) is 0 Å². The summed E-state index contributed by atoms with van der Waals surface area (Å²) < 4.78 is 12.9. The molecule has 0 aliphatic rings. The molecule has 0 saturated carbocycles. The largest absolute Gasteiger partial charge is 0.456 e. The van der Waals surface area contributed by atoms with E-state index >= 15 is 0 Å². The molecule has 3 heterocycles. The van der Waals surface area contributed by atoms with Gasteiger partial charge in [0.1, 0.15) is 22.3 Å². The lowest BCUT2D eigenvalue weighted by atomic mass is 9.96. The van der Waals surface area contributed by atoms with Crippen LogP contribution in [0.1, 0.15) is 0 Å². The van der Waals surface area contributed by atoms with Crippen molar-refractivity contribution in [2.75, 3.05) is 0 Å². The fraction of sp³-hybridized carbons (Fsp3) is 0. The molecule has 0 atom stereocenters. The molecular weight excluding hydrogens is 735 g/mol. The van der Waals surface area contributed by atoms with Gasteiger partial charge in [0.15, 0.2) is 17.5 Å². The quantitative estimate of drug-likeness (QED) is 0.169. The smallest absolute Gasteiger partial charge is 0.164 e. The monoisotopic (exact) mass is 767 g/mol. The van der Waals surface area contributed by atoms with Crippen molar-refractivity contribution in [2.24, 2.45) is 0 Å². The third-order valence-corrected chi connectivity index (χ3v) is 11.6. The summed E-state index contributed by atoms with van der Waals surface area (Å²) in [7, 11) is 0. The third-order valence-electron chi connectivity index (χ3n) is 11.6. The molecule has 0 N–H and O–H groups in total. The molecule has 9 aromatic carbocycles. The number of aromatic nitrogens is 3. The second-order valence-corrected chi connectivity index (χ2v) is 15.2. The van der Waals surface area contributed by atoms with Crippen LogP contribution in [0.2, 0.25) is 0 Å². The summed E-state index contributed by atoms with van der Waals surface area (Å²) in [5, 5.41) is 6.50. The van der Waals surface area contributed by atoms with Crippen molar-refractivity contribution < 1.29 is 8.83 Å². The van der Waals surface area contributed by atoms with Crippen molar-refractivity contribution in [3.05, 3.63) is 200 Å². The number of benzene rings is 9. The summed E-state index contributed by atoms with van der Waals surface area (Å²) in [6.45, 7) is 0. The number of nitrogens with zero attached hydrogens (tertiary/aromatic N) is 3. The Labute approximate surface area is 344 Å². The average Bonchev–Trinajstić information content (AvgIpc) is 3.89. The molecule has 12 aromatic rings. The third kappa shape index (κ3) is 5.75. The van der Waals surface area contributed by atoms with Crippen molar-refractivity contribution in [2.45, 2.75) is 0 Å². The zero-order valence-corrected chi connectivity index (χ0v) is 32.2. The first-order chi connectivity index (χ1) is 29.7. The molecule has 0 aliphatic heterocycles. The van der Waals surface area contributed by atoms with Gasteiger partial charge in [0.25, 0.3) is 0 Å². The van der Waals surface area contributed by atoms with Gasteiger partial charge in [0, 0.05) is 38.2 Å². The Morgan fingerprint density at radius 1 is 0.267 bits per heavy atom. The van der Waals surface area contributed by atoms with Gasteiger partial charge in [-0.05, 0) is 80.6 Å². The molecule has 0 fully saturated rings. The first-order valence-electron chi connectivity index (χ1n) is 20.1. The summed E-state index contributed by atoms with van der Waals surface area (Å²) in [4.78, 5) is 15.7. The highest BCUT2D eigenvalue weighted by Gasteiger charge is 2.21. The van der Waals surface area contributed by atoms with E-state index in [1.165, 1.54) is 21.9 Å². The first-order valence-corrected chi connectivity index (χ1v) is 20.1. The minimum absolute atomic E-state index is 0.550. The maximum atomic E-state index is 6.58. The summed E-state index contributed by atoms with van der Waals surface area (Å²) >= 11 is 0. The number of furan rings is 2. The second kappa shape index (κ2) is 13.8. The molecule has 0 aliphatic carbocycles. The highest BCUT2D eigenvalue weighted by Crippen LogP contribution is 2.41. The van der Waals surface area contributed by atoms with E-state index in [1.807, 2.05) is 48.5 Å². The van der Waals surface area contributed by atoms with Crippen LogP contribution in [0.4, 0.5) is 0 Å². The minimum atomic E-state index is 0.550. The van der Waals surface area contributed by atoms with Crippen molar-refractivity contribution in [1.29, 1.82) is 0 Å². The molecule has 0 spiro atoms. The van der Waals surface area contributed by atoms with Crippen LogP contribution in [-0.4, -0.2) is 15.0 Å². The lowest BCUT2D eigenvalue weighted by molar-refractivity contribution is 0.668. The zero-order chi connectivity index (χ0) is 39.6. The van der Waals surface area contributed by atoms with Crippen LogP contribution in [0.5, 0.6) is 0 Å². The minimum Gasteiger partial charge on any atom is -0.456 e. The predicted octanol–water partition coefficient (Wildman–Crippen LogP) is 14.8. The van der Waals surface area contributed by atoms with Crippen molar-refractivity contribution in [1.82, 2.24) is 15.0 Å². The van der Waals surface area contributed by atoms with Gasteiger partial charge in [-0.15, -0.1) is 0 Å². The molecule has 5 heteroatoms. The van der Waals surface area contributed by atoms with E-state index in [1.54, 1.807) is 0 Å². The average molecular weight is 768 g/mol. The molecule has 5 nitrogen and oxygen atoms in total. The Bertz CT molecular complexity index is 3580.